The van der Waals surface area contributed by atoms with Gasteiger partial charge in [-0.25, -0.2) is 0 Å². The van der Waals surface area contributed by atoms with Crippen LogP contribution < -0.4 is 11.5 Å². The van der Waals surface area contributed by atoms with E-state index in [-0.39, 0.29) is 11.9 Å². The minimum Gasteiger partial charge on any atom is -0.368 e. The number of halogens is 2. The average molecular weight is 392 g/mol. The van der Waals surface area contributed by atoms with Gasteiger partial charge in [0.1, 0.15) is 0 Å². The molecule has 5 nitrogen and oxygen atoms in total. The van der Waals surface area contributed by atoms with Crippen molar-refractivity contribution in [3.63, 3.8) is 0 Å². The van der Waals surface area contributed by atoms with E-state index in [1.54, 1.807) is 0 Å². The molecule has 0 radical (unpaired) electrons. The Hall–Kier alpha value is -0.960. The van der Waals surface area contributed by atoms with Gasteiger partial charge in [-0.3, -0.25) is 0 Å². The summed E-state index contributed by atoms with van der Waals surface area (Å²) < 4.78 is 1.96. The molecule has 0 aliphatic rings. The fraction of sp³-hybridized carbons (Fsp3) is 0. The van der Waals surface area contributed by atoms with E-state index in [4.69, 9.17) is 11.5 Å². The first-order valence-electron chi connectivity index (χ1n) is 4.28. The number of nitrogens with zero attached hydrogens (tertiary/aromatic N) is 3. The summed E-state index contributed by atoms with van der Waals surface area (Å²) in [5.41, 5.74) is 11.9. The number of benzene rings is 1. The number of hydrogen-bond acceptors (Lipinski definition) is 5. The molecule has 2 aromatic rings. The molecule has 16 heavy (non-hydrogen) atoms. The number of anilines is 2. The largest absolute Gasteiger partial charge is 0.368 e. The number of nitrogen functional groups attached to an aromatic ring is 2. The van der Waals surface area contributed by atoms with E-state index >= 15 is 0 Å². The molecular weight excluding hydrogens is 385 g/mol. The van der Waals surface area contributed by atoms with Crippen LogP contribution in [0.15, 0.2) is 22.7 Å². The molecule has 0 fully saturated rings. The van der Waals surface area contributed by atoms with E-state index in [1.807, 2.05) is 18.2 Å². The summed E-state index contributed by atoms with van der Waals surface area (Å²) in [4.78, 5) is 11.8. The molecule has 7 heteroatoms. The molecule has 0 atom stereocenters. The predicted octanol–water partition coefficient (Wildman–Crippen LogP) is 2.07. The van der Waals surface area contributed by atoms with Gasteiger partial charge in [0.15, 0.2) is 5.82 Å². The Labute approximate surface area is 114 Å². The summed E-state index contributed by atoms with van der Waals surface area (Å²) in [5, 5.41) is 0. The molecular formula is C9H7BrIN5. The average Bonchev–Trinajstić information content (AvgIpc) is 2.20. The van der Waals surface area contributed by atoms with Gasteiger partial charge in [0.2, 0.25) is 11.9 Å². The third-order valence-electron chi connectivity index (χ3n) is 1.84. The molecule has 0 bridgehead atoms. The minimum absolute atomic E-state index is 0.123. The van der Waals surface area contributed by atoms with Gasteiger partial charge in [0.05, 0.1) is 0 Å². The molecule has 0 unspecified atom stereocenters. The van der Waals surface area contributed by atoms with Gasteiger partial charge in [-0.15, -0.1) is 0 Å². The van der Waals surface area contributed by atoms with Crippen molar-refractivity contribution in [3.05, 3.63) is 26.2 Å². The Balaban J connectivity index is 2.62. The SMILES string of the molecule is Nc1nc(N)nc(-c2cc(Br)ccc2I)n1. The molecule has 0 amide bonds. The fourth-order valence-corrected chi connectivity index (χ4v) is 2.14. The van der Waals surface area contributed by atoms with Crippen LogP contribution in [0.3, 0.4) is 0 Å². The molecule has 0 saturated carbocycles. The standard InChI is InChI=1S/C9H7BrIN5/c10-4-1-2-6(11)5(3-4)7-14-8(12)16-9(13)15-7/h1-3H,(H4,12,13,14,15,16). The van der Waals surface area contributed by atoms with Crippen LogP contribution in [0.1, 0.15) is 0 Å². The van der Waals surface area contributed by atoms with Gasteiger partial charge in [0.25, 0.3) is 0 Å². The summed E-state index contributed by atoms with van der Waals surface area (Å²) in [5.74, 6) is 0.729. The van der Waals surface area contributed by atoms with Crippen molar-refractivity contribution in [1.29, 1.82) is 0 Å². The van der Waals surface area contributed by atoms with Crippen molar-refractivity contribution in [2.75, 3.05) is 11.5 Å². The number of hydrogen-bond donors (Lipinski definition) is 2. The Morgan fingerprint density at radius 2 is 1.69 bits per heavy atom. The summed E-state index contributed by atoms with van der Waals surface area (Å²) in [6.45, 7) is 0. The van der Waals surface area contributed by atoms with Crippen molar-refractivity contribution in [2.45, 2.75) is 0 Å². The van der Waals surface area contributed by atoms with E-state index in [9.17, 15) is 0 Å². The Morgan fingerprint density at radius 1 is 1.06 bits per heavy atom. The lowest BCUT2D eigenvalue weighted by Gasteiger charge is -2.05. The molecule has 2 rings (SSSR count). The van der Waals surface area contributed by atoms with Crippen LogP contribution in [0.5, 0.6) is 0 Å². The Bertz CT molecular complexity index is 525. The van der Waals surface area contributed by atoms with Gasteiger partial charge in [-0.05, 0) is 40.8 Å². The fourth-order valence-electron chi connectivity index (χ4n) is 1.20. The van der Waals surface area contributed by atoms with Crippen LogP contribution in [0.4, 0.5) is 11.9 Å². The van der Waals surface area contributed by atoms with Crippen LogP contribution in [0, 0.1) is 3.57 Å². The van der Waals surface area contributed by atoms with Crippen LogP contribution in [0.2, 0.25) is 0 Å². The van der Waals surface area contributed by atoms with Crippen molar-refractivity contribution in [1.82, 2.24) is 15.0 Å². The highest BCUT2D eigenvalue weighted by atomic mass is 127. The number of rotatable bonds is 1. The molecule has 1 aromatic heterocycles. The second kappa shape index (κ2) is 4.50. The molecule has 0 spiro atoms. The van der Waals surface area contributed by atoms with Crippen molar-refractivity contribution < 1.29 is 0 Å². The summed E-state index contributed by atoms with van der Waals surface area (Å²) in [6, 6.07) is 5.81. The maximum Gasteiger partial charge on any atom is 0.225 e. The third kappa shape index (κ3) is 2.40. The molecule has 1 heterocycles. The highest BCUT2D eigenvalue weighted by Crippen LogP contribution is 2.26. The van der Waals surface area contributed by atoms with E-state index in [0.29, 0.717) is 5.82 Å². The zero-order chi connectivity index (χ0) is 11.7. The first-order valence-corrected chi connectivity index (χ1v) is 6.16. The van der Waals surface area contributed by atoms with Crippen LogP contribution in [-0.2, 0) is 0 Å². The summed E-state index contributed by atoms with van der Waals surface area (Å²) in [7, 11) is 0. The molecule has 0 aliphatic heterocycles. The van der Waals surface area contributed by atoms with E-state index in [2.05, 4.69) is 53.5 Å². The molecule has 0 saturated heterocycles. The van der Waals surface area contributed by atoms with E-state index < -0.39 is 0 Å². The maximum absolute atomic E-state index is 5.53. The smallest absolute Gasteiger partial charge is 0.225 e. The minimum atomic E-state index is 0.123. The molecule has 4 N–H and O–H groups in total. The molecule has 1 aromatic carbocycles. The second-order valence-corrected chi connectivity index (χ2v) is 5.08. The number of aromatic nitrogens is 3. The quantitative estimate of drug-likeness (QED) is 0.726. The van der Waals surface area contributed by atoms with Crippen molar-refractivity contribution in [3.8, 4) is 11.4 Å². The van der Waals surface area contributed by atoms with Crippen molar-refractivity contribution >= 4 is 50.4 Å². The first kappa shape index (κ1) is 11.5. The van der Waals surface area contributed by atoms with Crippen LogP contribution in [0.25, 0.3) is 11.4 Å². The van der Waals surface area contributed by atoms with Crippen LogP contribution in [-0.4, -0.2) is 15.0 Å². The highest BCUT2D eigenvalue weighted by Gasteiger charge is 2.09. The van der Waals surface area contributed by atoms with E-state index in [1.165, 1.54) is 0 Å². The second-order valence-electron chi connectivity index (χ2n) is 3.00. The van der Waals surface area contributed by atoms with Gasteiger partial charge in [-0.2, -0.15) is 15.0 Å². The van der Waals surface area contributed by atoms with Gasteiger partial charge >= 0.3 is 0 Å². The van der Waals surface area contributed by atoms with Gasteiger partial charge < -0.3 is 11.5 Å². The Kier molecular flexibility index (Phi) is 3.24. The van der Waals surface area contributed by atoms with Gasteiger partial charge in [0, 0.05) is 13.6 Å². The monoisotopic (exact) mass is 391 g/mol. The third-order valence-corrected chi connectivity index (χ3v) is 3.27. The highest BCUT2D eigenvalue weighted by molar-refractivity contribution is 14.1. The zero-order valence-corrected chi connectivity index (χ0v) is 11.7. The molecule has 82 valence electrons. The lowest BCUT2D eigenvalue weighted by molar-refractivity contribution is 1.08. The zero-order valence-electron chi connectivity index (χ0n) is 7.98. The normalized spacial score (nSPS) is 10.4. The summed E-state index contributed by atoms with van der Waals surface area (Å²) in [6.07, 6.45) is 0. The van der Waals surface area contributed by atoms with Crippen LogP contribution >= 0.6 is 38.5 Å². The predicted molar refractivity (Wildman–Crippen MR) is 74.5 cm³/mol. The Morgan fingerprint density at radius 3 is 2.31 bits per heavy atom. The first-order chi connectivity index (χ1) is 7.56. The lowest BCUT2D eigenvalue weighted by atomic mass is 10.2. The lowest BCUT2D eigenvalue weighted by Crippen LogP contribution is -2.04. The van der Waals surface area contributed by atoms with Gasteiger partial charge in [-0.1, -0.05) is 15.9 Å². The van der Waals surface area contributed by atoms with E-state index in [0.717, 1.165) is 13.6 Å². The topological polar surface area (TPSA) is 90.7 Å². The number of nitrogens with two attached hydrogens (primary N) is 2. The van der Waals surface area contributed by atoms with Crippen molar-refractivity contribution in [2.24, 2.45) is 0 Å². The maximum atomic E-state index is 5.53. The molecule has 0 aliphatic carbocycles. The summed E-state index contributed by atoms with van der Waals surface area (Å²) >= 11 is 5.59.